The number of esters is 1. The number of carbonyl (C=O) groups is 1. The van der Waals surface area contributed by atoms with E-state index in [9.17, 15) is 15.2 Å². The van der Waals surface area contributed by atoms with Gasteiger partial charge in [0, 0.05) is 11.6 Å². The van der Waals surface area contributed by atoms with E-state index in [1.807, 2.05) is 0 Å². The molecule has 23 heavy (non-hydrogen) atoms. The number of carbonyl (C=O) groups excluding carboxylic acids is 1. The highest BCUT2D eigenvalue weighted by Gasteiger charge is 2.33. The highest BCUT2D eigenvalue weighted by atomic mass is 16.8. The molecule has 1 aliphatic rings. The van der Waals surface area contributed by atoms with Crippen LogP contribution in [0.15, 0.2) is 6.07 Å². The first-order valence-corrected chi connectivity index (χ1v) is 7.43. The summed E-state index contributed by atoms with van der Waals surface area (Å²) in [7, 11) is 2.86. The smallest absolute Gasteiger partial charge is 0.307 e. The van der Waals surface area contributed by atoms with E-state index in [1.165, 1.54) is 14.2 Å². The van der Waals surface area contributed by atoms with E-state index in [2.05, 4.69) is 5.32 Å². The number of hydrogen-bond donors (Lipinski definition) is 3. The molecule has 0 aromatic heterocycles. The average molecular weight is 326 g/mol. The van der Waals surface area contributed by atoms with Gasteiger partial charge in [0.1, 0.15) is 0 Å². The van der Waals surface area contributed by atoms with Crippen LogP contribution < -0.4 is 20.0 Å². The molecule has 0 amide bonds. The molecule has 2 atom stereocenters. The molecule has 0 bridgehead atoms. The minimum atomic E-state index is -1.12. The van der Waals surface area contributed by atoms with Gasteiger partial charge in [-0.05, 0) is 31.5 Å². The zero-order chi connectivity index (χ0) is 17.0. The summed E-state index contributed by atoms with van der Waals surface area (Å²) >= 11 is 0. The number of methoxy groups -OCH3 is 2. The molecule has 0 spiro atoms. The first kappa shape index (κ1) is 17.5. The fourth-order valence-corrected chi connectivity index (χ4v) is 2.92. The third-order valence-electron chi connectivity index (χ3n) is 3.82. The molecule has 1 aromatic rings. The van der Waals surface area contributed by atoms with Crippen LogP contribution in [0.4, 0.5) is 5.69 Å². The summed E-state index contributed by atoms with van der Waals surface area (Å²) in [5.41, 5.74) is 1.44. The Kier molecular flexibility index (Phi) is 5.78. The Morgan fingerprint density at radius 1 is 1.48 bits per heavy atom. The Labute approximate surface area is 134 Å². The predicted octanol–water partition coefficient (Wildman–Crippen LogP) is 0.247. The summed E-state index contributed by atoms with van der Waals surface area (Å²) < 4.78 is 15.5. The van der Waals surface area contributed by atoms with Gasteiger partial charge >= 0.3 is 5.97 Å². The Balaban J connectivity index is 2.52. The lowest BCUT2D eigenvalue weighted by Crippen LogP contribution is -2.99. The second kappa shape index (κ2) is 7.60. The Morgan fingerprint density at radius 2 is 2.22 bits per heavy atom. The van der Waals surface area contributed by atoms with Gasteiger partial charge in [-0.3, -0.25) is 4.79 Å². The summed E-state index contributed by atoms with van der Waals surface area (Å²) in [5, 5.41) is 23.5. The van der Waals surface area contributed by atoms with Crippen molar-refractivity contribution in [1.29, 1.82) is 0 Å². The maximum atomic E-state index is 11.8. The Morgan fingerprint density at radius 3 is 2.78 bits per heavy atom. The number of ether oxygens (including phenoxy) is 3. The third-order valence-corrected chi connectivity index (χ3v) is 3.82. The molecule has 0 radical (unpaired) electrons. The van der Waals surface area contributed by atoms with Gasteiger partial charge in [0.2, 0.25) is 11.4 Å². The van der Waals surface area contributed by atoms with Gasteiger partial charge in [-0.2, -0.15) is 5.23 Å². The van der Waals surface area contributed by atoms with Gasteiger partial charge in [-0.25, -0.2) is 5.21 Å². The summed E-state index contributed by atoms with van der Waals surface area (Å²) in [5.74, 6) is 0.167. The molecular formula is C15H22N2O6. The lowest BCUT2D eigenvalue weighted by molar-refractivity contribution is -0.991. The lowest BCUT2D eigenvalue weighted by atomic mass is 9.90. The molecule has 1 heterocycles. The zero-order valence-electron chi connectivity index (χ0n) is 13.5. The quantitative estimate of drug-likeness (QED) is 0.508. The van der Waals surface area contributed by atoms with E-state index < -0.39 is 11.3 Å². The summed E-state index contributed by atoms with van der Waals surface area (Å²) in [6, 6.07) is 1.35. The molecule has 0 saturated carbocycles. The second-order valence-corrected chi connectivity index (χ2v) is 5.13. The van der Waals surface area contributed by atoms with Crippen molar-refractivity contribution < 1.29 is 29.4 Å². The van der Waals surface area contributed by atoms with Crippen molar-refractivity contribution in [2.45, 2.75) is 25.8 Å². The highest BCUT2D eigenvalue weighted by molar-refractivity contribution is 5.72. The SMILES string of the molecule is CCOC(=O)CC1NCCc2cc(OC)c(OC)c([NH+]([O-])O)c21. The summed E-state index contributed by atoms with van der Waals surface area (Å²) in [6.45, 7) is 2.67. The van der Waals surface area contributed by atoms with Crippen LogP contribution in [0.1, 0.15) is 30.5 Å². The van der Waals surface area contributed by atoms with Gasteiger partial charge in [0.15, 0.2) is 5.75 Å². The third kappa shape index (κ3) is 3.56. The van der Waals surface area contributed by atoms with Crippen LogP contribution in [-0.2, 0) is 16.0 Å². The average Bonchev–Trinajstić information content (AvgIpc) is 2.53. The fraction of sp³-hybridized carbons (Fsp3) is 0.533. The normalized spacial score (nSPS) is 18.0. The fourth-order valence-electron chi connectivity index (χ4n) is 2.92. The first-order chi connectivity index (χ1) is 11.0. The Hall–Kier alpha value is -1.87. The van der Waals surface area contributed by atoms with Gasteiger partial charge < -0.3 is 24.7 Å². The standard InChI is InChI=1S/C15H22N2O6/c1-4-23-12(18)8-10-13-9(5-6-16-10)7-11(21-2)15(22-3)14(13)17(19)20/h7,10,16-17,19H,4-6,8H2,1-3H3. The van der Waals surface area contributed by atoms with Crippen molar-refractivity contribution in [3.05, 3.63) is 22.4 Å². The number of benzene rings is 1. The molecule has 128 valence electrons. The van der Waals surface area contributed by atoms with Crippen LogP contribution in [0, 0.1) is 5.21 Å². The molecule has 8 nitrogen and oxygen atoms in total. The van der Waals surface area contributed by atoms with Crippen molar-refractivity contribution in [2.24, 2.45) is 0 Å². The predicted molar refractivity (Wildman–Crippen MR) is 81.0 cm³/mol. The molecule has 3 N–H and O–H groups in total. The minimum Gasteiger partial charge on any atom is -0.595 e. The van der Waals surface area contributed by atoms with Crippen molar-refractivity contribution >= 4 is 11.7 Å². The van der Waals surface area contributed by atoms with E-state index in [1.54, 1.807) is 13.0 Å². The molecule has 8 heteroatoms. The van der Waals surface area contributed by atoms with Crippen molar-refractivity contribution in [2.75, 3.05) is 27.4 Å². The number of fused-ring (bicyclic) bond motifs is 1. The van der Waals surface area contributed by atoms with Gasteiger partial charge in [0.05, 0.1) is 27.2 Å². The summed E-state index contributed by atoms with van der Waals surface area (Å²) in [4.78, 5) is 11.8. The lowest BCUT2D eigenvalue weighted by Gasteiger charge is -2.30. The maximum Gasteiger partial charge on any atom is 0.307 e. The van der Waals surface area contributed by atoms with Crippen LogP contribution in [0.25, 0.3) is 0 Å². The van der Waals surface area contributed by atoms with Crippen LogP contribution in [0.3, 0.4) is 0 Å². The largest absolute Gasteiger partial charge is 0.595 e. The van der Waals surface area contributed by atoms with E-state index in [0.29, 0.717) is 24.3 Å². The minimum absolute atomic E-state index is 0.0309. The molecule has 0 aliphatic carbocycles. The highest BCUT2D eigenvalue weighted by Crippen LogP contribution is 2.42. The van der Waals surface area contributed by atoms with E-state index >= 15 is 0 Å². The molecule has 2 unspecified atom stereocenters. The number of hydrogen-bond acceptors (Lipinski definition) is 7. The topological polar surface area (TPSA) is 105 Å². The van der Waals surface area contributed by atoms with Crippen molar-refractivity contribution in [1.82, 2.24) is 5.32 Å². The Bertz CT molecular complexity index is 576. The van der Waals surface area contributed by atoms with E-state index in [4.69, 9.17) is 14.2 Å². The zero-order valence-corrected chi connectivity index (χ0v) is 13.5. The van der Waals surface area contributed by atoms with Gasteiger partial charge in [-0.1, -0.05) is 0 Å². The first-order valence-electron chi connectivity index (χ1n) is 7.43. The molecule has 1 aromatic carbocycles. The van der Waals surface area contributed by atoms with Crippen molar-refractivity contribution in [3.8, 4) is 11.5 Å². The molecule has 0 saturated heterocycles. The van der Waals surface area contributed by atoms with Gasteiger partial charge in [-0.15, -0.1) is 0 Å². The number of rotatable bonds is 6. The van der Waals surface area contributed by atoms with Gasteiger partial charge in [0.25, 0.3) is 0 Å². The second-order valence-electron chi connectivity index (χ2n) is 5.13. The summed E-state index contributed by atoms with van der Waals surface area (Å²) in [6.07, 6.45) is 0.714. The van der Waals surface area contributed by atoms with Crippen LogP contribution >= 0.6 is 0 Å². The van der Waals surface area contributed by atoms with E-state index in [-0.39, 0.29) is 30.4 Å². The molecule has 1 aliphatic heterocycles. The molecule has 0 fully saturated rings. The number of nitrogens with one attached hydrogen (secondary N) is 2. The molecule has 2 rings (SSSR count). The van der Waals surface area contributed by atoms with Crippen LogP contribution in [0.2, 0.25) is 0 Å². The van der Waals surface area contributed by atoms with Crippen LogP contribution in [0.5, 0.6) is 11.5 Å². The van der Waals surface area contributed by atoms with E-state index in [0.717, 1.165) is 5.56 Å². The molecular weight excluding hydrogens is 304 g/mol. The van der Waals surface area contributed by atoms with Crippen LogP contribution in [-0.4, -0.2) is 38.5 Å². The van der Waals surface area contributed by atoms with Crippen molar-refractivity contribution in [3.63, 3.8) is 0 Å². The maximum absolute atomic E-state index is 11.8. The number of quaternary nitrogens is 1. The monoisotopic (exact) mass is 326 g/mol.